The molecule has 3 aliphatic rings. The quantitative estimate of drug-likeness (QED) is 0.467. The fourth-order valence-corrected chi connectivity index (χ4v) is 5.93. The van der Waals surface area contributed by atoms with E-state index < -0.39 is 0 Å². The van der Waals surface area contributed by atoms with Gasteiger partial charge in [0.1, 0.15) is 17.9 Å². The Kier molecular flexibility index (Phi) is 8.09. The molecule has 4 heterocycles. The van der Waals surface area contributed by atoms with Gasteiger partial charge < -0.3 is 25.2 Å². The molecule has 0 amide bonds. The van der Waals surface area contributed by atoms with Crippen LogP contribution in [0.15, 0.2) is 54.7 Å². The van der Waals surface area contributed by atoms with Crippen LogP contribution in [-0.4, -0.2) is 91.3 Å². The molecular weight excluding hydrogens is 500 g/mol. The van der Waals surface area contributed by atoms with Gasteiger partial charge in [-0.05, 0) is 81.4 Å². The van der Waals surface area contributed by atoms with Gasteiger partial charge >= 0.3 is 0 Å². The summed E-state index contributed by atoms with van der Waals surface area (Å²) in [5.41, 5.74) is 4.33. The summed E-state index contributed by atoms with van der Waals surface area (Å²) in [5.74, 6) is 1.14. The molecule has 208 valence electrons. The van der Waals surface area contributed by atoms with E-state index >= 15 is 0 Å². The molecule has 3 fully saturated rings. The van der Waals surface area contributed by atoms with Crippen LogP contribution in [0.5, 0.6) is 5.75 Å². The first-order valence-corrected chi connectivity index (χ1v) is 14.4. The number of likely N-dealkylation sites (N-methyl/N-ethyl adjacent to an activating group) is 1. The van der Waals surface area contributed by atoms with E-state index in [2.05, 4.69) is 67.7 Å². The molecule has 0 radical (unpaired) electrons. The molecular formula is C31H38N8O. The maximum absolute atomic E-state index is 9.71. The van der Waals surface area contributed by atoms with Crippen molar-refractivity contribution < 1.29 is 4.74 Å². The minimum absolute atomic E-state index is 0.105. The van der Waals surface area contributed by atoms with Crippen LogP contribution in [0.2, 0.25) is 0 Å². The zero-order valence-electron chi connectivity index (χ0n) is 23.2. The van der Waals surface area contributed by atoms with Crippen molar-refractivity contribution in [3.63, 3.8) is 0 Å². The van der Waals surface area contributed by atoms with E-state index in [1.165, 1.54) is 44.7 Å². The van der Waals surface area contributed by atoms with Crippen LogP contribution >= 0.6 is 0 Å². The van der Waals surface area contributed by atoms with Crippen LogP contribution < -0.4 is 20.3 Å². The third-order valence-electron chi connectivity index (χ3n) is 8.37. The highest BCUT2D eigenvalue weighted by atomic mass is 16.5. The van der Waals surface area contributed by atoms with Crippen molar-refractivity contribution >= 4 is 17.3 Å². The minimum Gasteiger partial charge on any atom is -0.488 e. The highest BCUT2D eigenvalue weighted by Crippen LogP contribution is 2.28. The number of anilines is 3. The molecule has 40 heavy (non-hydrogen) atoms. The van der Waals surface area contributed by atoms with Crippen LogP contribution in [-0.2, 0) is 0 Å². The number of ether oxygens (including phenoxy) is 1. The molecule has 6 rings (SSSR count). The molecule has 9 nitrogen and oxygen atoms in total. The number of hydrogen-bond donors (Lipinski definition) is 2. The largest absolute Gasteiger partial charge is 0.488 e. The van der Waals surface area contributed by atoms with Crippen molar-refractivity contribution in [1.82, 2.24) is 25.1 Å². The van der Waals surface area contributed by atoms with Gasteiger partial charge in [-0.2, -0.15) is 5.26 Å². The van der Waals surface area contributed by atoms with Gasteiger partial charge in [-0.15, -0.1) is 0 Å². The Balaban J connectivity index is 1.07. The maximum atomic E-state index is 9.71. The third-order valence-corrected chi connectivity index (χ3v) is 8.37. The Morgan fingerprint density at radius 3 is 2.50 bits per heavy atom. The fourth-order valence-electron chi connectivity index (χ4n) is 5.93. The number of hydrogen-bond acceptors (Lipinski definition) is 9. The number of nitriles is 1. The van der Waals surface area contributed by atoms with Gasteiger partial charge in [0.25, 0.3) is 0 Å². The van der Waals surface area contributed by atoms with E-state index in [9.17, 15) is 5.26 Å². The molecule has 1 unspecified atom stereocenters. The Labute approximate surface area is 236 Å². The second-order valence-electron chi connectivity index (χ2n) is 11.1. The van der Waals surface area contributed by atoms with Crippen molar-refractivity contribution in [2.75, 3.05) is 69.6 Å². The summed E-state index contributed by atoms with van der Waals surface area (Å²) >= 11 is 0. The molecule has 3 saturated heterocycles. The summed E-state index contributed by atoms with van der Waals surface area (Å²) in [4.78, 5) is 16.8. The van der Waals surface area contributed by atoms with Gasteiger partial charge in [0, 0.05) is 75.0 Å². The van der Waals surface area contributed by atoms with Crippen molar-refractivity contribution in [1.29, 1.82) is 5.26 Å². The monoisotopic (exact) mass is 538 g/mol. The number of piperazine rings is 1. The molecule has 9 heteroatoms. The number of rotatable bonds is 7. The molecule has 3 aliphatic heterocycles. The molecule has 0 bridgehead atoms. The lowest BCUT2D eigenvalue weighted by molar-refractivity contribution is 0.0982. The molecule has 2 N–H and O–H groups in total. The Hall–Kier alpha value is -3.71. The number of benzene rings is 2. The summed E-state index contributed by atoms with van der Waals surface area (Å²) in [6.45, 7) is 8.71. The summed E-state index contributed by atoms with van der Waals surface area (Å²) < 4.78 is 6.04. The number of piperidine rings is 1. The molecule has 3 aromatic rings. The second kappa shape index (κ2) is 12.2. The van der Waals surface area contributed by atoms with Gasteiger partial charge in [0.05, 0.1) is 11.3 Å². The average Bonchev–Trinajstić information content (AvgIpc) is 3.52. The smallest absolute Gasteiger partial charge is 0.227 e. The number of nitrogens with one attached hydrogen (secondary N) is 2. The highest BCUT2D eigenvalue weighted by Gasteiger charge is 2.26. The van der Waals surface area contributed by atoms with Crippen molar-refractivity contribution in [3.05, 3.63) is 60.3 Å². The first-order valence-electron chi connectivity index (χ1n) is 14.4. The first kappa shape index (κ1) is 26.5. The lowest BCUT2D eigenvalue weighted by Crippen LogP contribution is -2.52. The zero-order valence-corrected chi connectivity index (χ0v) is 23.2. The maximum Gasteiger partial charge on any atom is 0.227 e. The number of aromatic nitrogens is 2. The van der Waals surface area contributed by atoms with Crippen LogP contribution in [0.25, 0.3) is 11.3 Å². The Morgan fingerprint density at radius 1 is 0.975 bits per heavy atom. The zero-order chi connectivity index (χ0) is 27.3. The molecule has 0 aliphatic carbocycles. The van der Waals surface area contributed by atoms with Gasteiger partial charge in [0.2, 0.25) is 5.95 Å². The molecule has 0 saturated carbocycles. The molecule has 2 aromatic carbocycles. The lowest BCUT2D eigenvalue weighted by atomic mass is 10.0. The van der Waals surface area contributed by atoms with E-state index in [0.717, 1.165) is 49.5 Å². The van der Waals surface area contributed by atoms with Crippen molar-refractivity contribution in [2.24, 2.45) is 0 Å². The molecule has 1 aromatic heterocycles. The summed E-state index contributed by atoms with van der Waals surface area (Å²) in [6, 6.07) is 19.1. The average molecular weight is 539 g/mol. The topological polar surface area (TPSA) is 92.6 Å². The van der Waals surface area contributed by atoms with Crippen LogP contribution in [0.3, 0.4) is 0 Å². The van der Waals surface area contributed by atoms with Gasteiger partial charge in [-0.3, -0.25) is 4.90 Å². The summed E-state index contributed by atoms with van der Waals surface area (Å²) in [6.07, 6.45) is 5.24. The van der Waals surface area contributed by atoms with Crippen LogP contribution in [0.1, 0.15) is 24.8 Å². The highest BCUT2D eigenvalue weighted by molar-refractivity contribution is 5.66. The van der Waals surface area contributed by atoms with E-state index in [-0.39, 0.29) is 6.10 Å². The summed E-state index contributed by atoms with van der Waals surface area (Å²) in [7, 11) is 2.22. The van der Waals surface area contributed by atoms with Crippen LogP contribution in [0, 0.1) is 11.3 Å². The van der Waals surface area contributed by atoms with Crippen LogP contribution in [0.4, 0.5) is 17.3 Å². The minimum atomic E-state index is 0.105. The van der Waals surface area contributed by atoms with E-state index in [4.69, 9.17) is 9.72 Å². The molecule has 1 atom stereocenters. The first-order chi connectivity index (χ1) is 19.6. The Morgan fingerprint density at radius 2 is 1.77 bits per heavy atom. The van der Waals surface area contributed by atoms with Crippen molar-refractivity contribution in [3.8, 4) is 23.1 Å². The predicted molar refractivity (Wildman–Crippen MR) is 158 cm³/mol. The predicted octanol–water partition coefficient (Wildman–Crippen LogP) is 3.72. The standard InChI is InChI=1S/C31H38N8O/c1-37-16-18-39(19-17-37)27-10-14-38(15-11-27)26-5-3-25(4-6-26)35-31-34-13-9-29(36-31)23-2-7-30(24(20-23)21-32)40-28-8-12-33-22-28/h2-7,9,13,20,27-28,33H,8,10-12,14-19,22H2,1H3,(H,34,35,36). The summed E-state index contributed by atoms with van der Waals surface area (Å²) in [5, 5.41) is 16.3. The normalized spacial score (nSPS) is 20.8. The van der Waals surface area contributed by atoms with Gasteiger partial charge in [-0.25, -0.2) is 9.97 Å². The fraction of sp³-hybridized carbons (Fsp3) is 0.452. The molecule has 0 spiro atoms. The second-order valence-corrected chi connectivity index (χ2v) is 11.1. The lowest BCUT2D eigenvalue weighted by Gasteiger charge is -2.42. The van der Waals surface area contributed by atoms with Gasteiger partial charge in [-0.1, -0.05) is 0 Å². The third kappa shape index (κ3) is 6.20. The SMILES string of the molecule is CN1CCN(C2CCN(c3ccc(Nc4nccc(-c5ccc(OC6CCNC6)c(C#N)c5)n4)cc3)CC2)CC1. The number of nitrogens with zero attached hydrogens (tertiary/aromatic N) is 6. The van der Waals surface area contributed by atoms with E-state index in [1.807, 2.05) is 24.3 Å². The van der Waals surface area contributed by atoms with Crippen molar-refractivity contribution in [2.45, 2.75) is 31.4 Å². The van der Waals surface area contributed by atoms with E-state index in [1.54, 1.807) is 6.20 Å². The van der Waals surface area contributed by atoms with E-state index in [0.29, 0.717) is 23.3 Å². The Bertz CT molecular complexity index is 1320. The van der Waals surface area contributed by atoms with Gasteiger partial charge in [0.15, 0.2) is 0 Å².